The highest BCUT2D eigenvalue weighted by Gasteiger charge is 2.25. The van der Waals surface area contributed by atoms with Crippen molar-refractivity contribution >= 4 is 70.4 Å². The number of carboxylic acids is 2. The van der Waals surface area contributed by atoms with E-state index in [1.807, 2.05) is 60.7 Å². The minimum Gasteiger partial charge on any atom is -0.477 e. The van der Waals surface area contributed by atoms with Crippen LogP contribution in [0.3, 0.4) is 0 Å². The molecule has 8 nitrogen and oxygen atoms in total. The smallest absolute Gasteiger partial charge is 0.346 e. The van der Waals surface area contributed by atoms with E-state index in [0.717, 1.165) is 68.3 Å². The maximum absolute atomic E-state index is 11.4. The van der Waals surface area contributed by atoms with Crippen LogP contribution in [0.1, 0.15) is 24.0 Å². The molecule has 226 valence electrons. The molecule has 2 aliphatic rings. The fraction of sp³-hybridized carbons (Fsp3) is 0.111. The second-order valence-electron chi connectivity index (χ2n) is 10.6. The molecule has 4 aromatic rings. The van der Waals surface area contributed by atoms with Crippen molar-refractivity contribution in [2.45, 2.75) is 32.4 Å². The van der Waals surface area contributed by atoms with E-state index in [1.54, 1.807) is 35.7 Å². The number of benzene rings is 4. The lowest BCUT2D eigenvalue weighted by molar-refractivity contribution is -0.133. The van der Waals surface area contributed by atoms with Crippen molar-refractivity contribution in [3.63, 3.8) is 0 Å². The Kier molecular flexibility index (Phi) is 8.84. The number of aliphatic carboxylic acids is 2. The number of fused-ring (bicyclic) bond motifs is 4. The first kappa shape index (κ1) is 30.6. The van der Waals surface area contributed by atoms with Crippen LogP contribution in [0.25, 0.3) is 12.2 Å². The largest absolute Gasteiger partial charge is 0.477 e. The van der Waals surface area contributed by atoms with Crippen LogP contribution in [-0.4, -0.2) is 35.2 Å². The molecule has 2 aliphatic heterocycles. The Morgan fingerprint density at radius 3 is 1.39 bits per heavy atom. The van der Waals surface area contributed by atoms with Crippen molar-refractivity contribution in [1.29, 1.82) is 10.5 Å². The van der Waals surface area contributed by atoms with Crippen LogP contribution in [0.5, 0.6) is 0 Å². The molecule has 4 aromatic carbocycles. The second kappa shape index (κ2) is 13.3. The van der Waals surface area contributed by atoms with E-state index in [4.69, 9.17) is 0 Å². The standard InChI is InChI=1S/C36H26N4O4S2/c37-21-25(35(41)42)17-23-11-13-29-33(19-23)45-31-9-3-1-7-27(31)39(29)15-5-6-16-40-28-8-2-4-10-32(28)46-34-20-24(12-14-30(34)40)18-26(22-38)36(43)44/h1-4,7-14,17-20H,5-6,15-16H2,(H,41,42)(H,43,44)/b25-17-,26-18-. The van der Waals surface area contributed by atoms with Crippen LogP contribution in [0.2, 0.25) is 0 Å². The summed E-state index contributed by atoms with van der Waals surface area (Å²) >= 11 is 3.26. The van der Waals surface area contributed by atoms with E-state index in [-0.39, 0.29) is 11.1 Å². The van der Waals surface area contributed by atoms with Gasteiger partial charge in [0.05, 0.1) is 22.7 Å². The van der Waals surface area contributed by atoms with E-state index < -0.39 is 11.9 Å². The summed E-state index contributed by atoms with van der Waals surface area (Å²) in [5.41, 5.74) is 5.03. The highest BCUT2D eigenvalue weighted by Crippen LogP contribution is 2.50. The van der Waals surface area contributed by atoms with Crippen LogP contribution in [0.15, 0.2) is 116 Å². The van der Waals surface area contributed by atoms with Gasteiger partial charge in [-0.1, -0.05) is 59.9 Å². The van der Waals surface area contributed by atoms with Gasteiger partial charge in [0.2, 0.25) is 0 Å². The van der Waals surface area contributed by atoms with E-state index in [1.165, 1.54) is 12.2 Å². The van der Waals surface area contributed by atoms with Gasteiger partial charge in [0, 0.05) is 32.7 Å². The summed E-state index contributed by atoms with van der Waals surface area (Å²) in [4.78, 5) is 31.6. The number of hydrogen-bond donors (Lipinski definition) is 2. The fourth-order valence-electron chi connectivity index (χ4n) is 5.52. The summed E-state index contributed by atoms with van der Waals surface area (Å²) < 4.78 is 0. The molecule has 6 rings (SSSR count). The molecule has 0 spiro atoms. The lowest BCUT2D eigenvalue weighted by atomic mass is 10.1. The molecule has 0 bridgehead atoms. The predicted molar refractivity (Wildman–Crippen MR) is 180 cm³/mol. The first-order valence-corrected chi connectivity index (χ1v) is 16.1. The summed E-state index contributed by atoms with van der Waals surface area (Å²) in [7, 11) is 0. The molecule has 0 fully saturated rings. The number of unbranched alkanes of at least 4 members (excludes halogenated alkanes) is 1. The Bertz CT molecular complexity index is 1880. The highest BCUT2D eigenvalue weighted by atomic mass is 32.2. The van der Waals surface area contributed by atoms with Gasteiger partial charge in [-0.05, 0) is 84.7 Å². The van der Waals surface area contributed by atoms with Crippen molar-refractivity contribution in [3.8, 4) is 12.1 Å². The molecule has 0 aromatic heterocycles. The molecule has 0 atom stereocenters. The highest BCUT2D eigenvalue weighted by molar-refractivity contribution is 8.00. The first-order valence-electron chi connectivity index (χ1n) is 14.4. The van der Waals surface area contributed by atoms with Crippen molar-refractivity contribution in [2.24, 2.45) is 0 Å². The molecule has 10 heteroatoms. The number of nitriles is 2. The van der Waals surface area contributed by atoms with Crippen LogP contribution in [0, 0.1) is 22.7 Å². The monoisotopic (exact) mass is 642 g/mol. The Hall–Kier alpha value is -5.42. The molecule has 2 heterocycles. The van der Waals surface area contributed by atoms with Gasteiger partial charge in [-0.15, -0.1) is 0 Å². The van der Waals surface area contributed by atoms with E-state index >= 15 is 0 Å². The molecular weight excluding hydrogens is 617 g/mol. The minimum atomic E-state index is -1.25. The van der Waals surface area contributed by atoms with Gasteiger partial charge in [0.15, 0.2) is 0 Å². The van der Waals surface area contributed by atoms with Crippen LogP contribution >= 0.6 is 23.5 Å². The van der Waals surface area contributed by atoms with Gasteiger partial charge in [0.25, 0.3) is 0 Å². The molecule has 0 radical (unpaired) electrons. The fourth-order valence-corrected chi connectivity index (χ4v) is 7.81. The van der Waals surface area contributed by atoms with E-state index in [9.17, 15) is 30.3 Å². The summed E-state index contributed by atoms with van der Waals surface area (Å²) in [6.45, 7) is 1.54. The molecular formula is C36H26N4O4S2. The van der Waals surface area contributed by atoms with Crippen molar-refractivity contribution < 1.29 is 19.8 Å². The lowest BCUT2D eigenvalue weighted by Crippen LogP contribution is -2.25. The van der Waals surface area contributed by atoms with Gasteiger partial charge < -0.3 is 20.0 Å². The second-order valence-corrected chi connectivity index (χ2v) is 12.7. The molecule has 0 aliphatic carbocycles. The number of carboxylic acid groups (broad SMARTS) is 2. The quantitative estimate of drug-likeness (QED) is 0.104. The molecule has 0 amide bonds. The number of carbonyl (C=O) groups is 2. The van der Waals surface area contributed by atoms with E-state index in [2.05, 4.69) is 34.1 Å². The van der Waals surface area contributed by atoms with Gasteiger partial charge in [-0.25, -0.2) is 9.59 Å². The minimum absolute atomic E-state index is 0.308. The van der Waals surface area contributed by atoms with Gasteiger partial charge >= 0.3 is 11.9 Å². The average Bonchev–Trinajstić information content (AvgIpc) is 3.06. The van der Waals surface area contributed by atoms with Crippen LogP contribution in [-0.2, 0) is 9.59 Å². The molecule has 0 unspecified atom stereocenters. The third-order valence-electron chi connectivity index (χ3n) is 7.64. The maximum atomic E-state index is 11.4. The SMILES string of the molecule is N#C/C(=C/c1ccc2c(c1)Sc1ccccc1N2CCCCN1c2ccccc2Sc2cc(/C=C(/C#N)C(=O)O)ccc21)C(=O)O. The Morgan fingerprint density at radius 2 is 1.00 bits per heavy atom. The summed E-state index contributed by atoms with van der Waals surface area (Å²) in [6.07, 6.45) is 4.58. The Labute approximate surface area is 274 Å². The van der Waals surface area contributed by atoms with Gasteiger partial charge in [-0.2, -0.15) is 10.5 Å². The van der Waals surface area contributed by atoms with Crippen molar-refractivity contribution in [1.82, 2.24) is 0 Å². The molecule has 0 saturated heterocycles. The number of hydrogen-bond acceptors (Lipinski definition) is 8. The maximum Gasteiger partial charge on any atom is 0.346 e. The zero-order valence-corrected chi connectivity index (χ0v) is 26.0. The van der Waals surface area contributed by atoms with Crippen molar-refractivity contribution in [3.05, 3.63) is 107 Å². The third kappa shape index (κ3) is 6.22. The van der Waals surface area contributed by atoms with Crippen LogP contribution < -0.4 is 9.80 Å². The Morgan fingerprint density at radius 1 is 0.609 bits per heavy atom. The van der Waals surface area contributed by atoms with Crippen LogP contribution in [0.4, 0.5) is 22.7 Å². The first-order chi connectivity index (χ1) is 22.4. The summed E-state index contributed by atoms with van der Waals surface area (Å²) in [5, 5.41) is 37.0. The normalized spacial score (nSPS) is 13.4. The summed E-state index contributed by atoms with van der Waals surface area (Å²) in [5.74, 6) is -2.50. The number of rotatable bonds is 9. The predicted octanol–water partition coefficient (Wildman–Crippen LogP) is 8.36. The third-order valence-corrected chi connectivity index (χ3v) is 9.86. The zero-order chi connectivity index (χ0) is 32.2. The molecule has 0 saturated carbocycles. The van der Waals surface area contributed by atoms with Gasteiger partial charge in [0.1, 0.15) is 23.3 Å². The van der Waals surface area contributed by atoms with E-state index in [0.29, 0.717) is 11.1 Å². The topological polar surface area (TPSA) is 129 Å². The number of nitrogens with zero attached hydrogens (tertiary/aromatic N) is 4. The summed E-state index contributed by atoms with van der Waals surface area (Å²) in [6, 6.07) is 31.5. The van der Waals surface area contributed by atoms with Gasteiger partial charge in [-0.3, -0.25) is 0 Å². The molecule has 2 N–H and O–H groups in total. The average molecular weight is 643 g/mol. The zero-order valence-electron chi connectivity index (χ0n) is 24.4. The Balaban J connectivity index is 1.23. The molecule has 46 heavy (non-hydrogen) atoms. The lowest BCUT2D eigenvalue weighted by Gasteiger charge is -2.34. The number of para-hydroxylation sites is 2. The number of anilines is 4. The van der Waals surface area contributed by atoms with Crippen molar-refractivity contribution in [2.75, 3.05) is 22.9 Å².